The number of sulfone groups is 1. The molecule has 1 aromatic rings. The fourth-order valence-corrected chi connectivity index (χ4v) is 5.64. The molecular formula is C17H23FN2O3S. The number of rotatable bonds is 5. The summed E-state index contributed by atoms with van der Waals surface area (Å²) in [5, 5.41) is 0. The van der Waals surface area contributed by atoms with Crippen molar-refractivity contribution in [2.24, 2.45) is 11.7 Å². The van der Waals surface area contributed by atoms with Crippen LogP contribution in [-0.2, 0) is 9.84 Å². The largest absolute Gasteiger partial charge is 0.366 e. The third-order valence-electron chi connectivity index (χ3n) is 5.00. The summed E-state index contributed by atoms with van der Waals surface area (Å²) in [6.07, 6.45) is 6.30. The van der Waals surface area contributed by atoms with E-state index in [9.17, 15) is 13.2 Å². The second-order valence-corrected chi connectivity index (χ2v) is 9.00. The van der Waals surface area contributed by atoms with Crippen molar-refractivity contribution in [3.8, 4) is 0 Å². The van der Waals surface area contributed by atoms with E-state index in [1.54, 1.807) is 0 Å². The zero-order chi connectivity index (χ0) is 17.5. The molecule has 0 saturated heterocycles. The van der Waals surface area contributed by atoms with Crippen LogP contribution in [0, 0.1) is 18.7 Å². The number of aryl methyl sites for hydroxylation is 1. The first-order chi connectivity index (χ1) is 11.3. The lowest BCUT2D eigenvalue weighted by Gasteiger charge is -2.23. The smallest absolute Gasteiger partial charge is 0.251 e. The molecule has 3 rings (SSSR count). The molecule has 2 N–H and O–H groups in total. The predicted octanol–water partition coefficient (Wildman–Crippen LogP) is 2.86. The number of hydrogen-bond donors (Lipinski definition) is 1. The van der Waals surface area contributed by atoms with Gasteiger partial charge in [0.2, 0.25) is 0 Å². The lowest BCUT2D eigenvalue weighted by atomic mass is 9.86. The van der Waals surface area contributed by atoms with Gasteiger partial charge in [0.05, 0.1) is 22.7 Å². The molecule has 2 saturated carbocycles. The van der Waals surface area contributed by atoms with Gasteiger partial charge in [-0.15, -0.1) is 0 Å². The number of primary amides is 1. The number of carbonyl (C=O) groups excluding carboxylic acids is 1. The predicted molar refractivity (Wildman–Crippen MR) is 88.1 cm³/mol. The molecule has 0 bridgehead atoms. The highest BCUT2D eigenvalue weighted by molar-refractivity contribution is 7.91. The zero-order valence-electron chi connectivity index (χ0n) is 13.8. The highest BCUT2D eigenvalue weighted by atomic mass is 32.2. The van der Waals surface area contributed by atoms with E-state index >= 15 is 4.39 Å². The number of amides is 1. The quantitative estimate of drug-likeness (QED) is 0.880. The van der Waals surface area contributed by atoms with E-state index in [-0.39, 0.29) is 34.5 Å². The summed E-state index contributed by atoms with van der Waals surface area (Å²) in [5.41, 5.74) is 5.46. The van der Waals surface area contributed by atoms with Crippen LogP contribution >= 0.6 is 0 Å². The Hall–Kier alpha value is -1.50. The van der Waals surface area contributed by atoms with E-state index in [2.05, 4.69) is 4.98 Å². The molecule has 1 heterocycles. The second kappa shape index (κ2) is 6.43. The molecule has 5 nitrogen and oxygen atoms in total. The summed E-state index contributed by atoms with van der Waals surface area (Å²) in [7, 11) is -3.90. The zero-order valence-corrected chi connectivity index (χ0v) is 14.7. The average molecular weight is 354 g/mol. The minimum atomic E-state index is -3.90. The first-order valence-electron chi connectivity index (χ1n) is 8.54. The van der Waals surface area contributed by atoms with Crippen molar-refractivity contribution in [3.63, 3.8) is 0 Å². The van der Waals surface area contributed by atoms with Crippen LogP contribution in [0.3, 0.4) is 0 Å². The van der Waals surface area contributed by atoms with Crippen molar-refractivity contribution in [2.75, 3.05) is 5.75 Å². The fraction of sp³-hybridized carbons (Fsp3) is 0.647. The Labute approximate surface area is 141 Å². The van der Waals surface area contributed by atoms with Crippen molar-refractivity contribution >= 4 is 15.7 Å². The lowest BCUT2D eigenvalue weighted by Crippen LogP contribution is -2.24. The minimum Gasteiger partial charge on any atom is -0.366 e. The molecule has 2 aliphatic rings. The molecule has 2 fully saturated rings. The van der Waals surface area contributed by atoms with Gasteiger partial charge < -0.3 is 5.73 Å². The van der Waals surface area contributed by atoms with Crippen LogP contribution in [0.5, 0.6) is 0 Å². The van der Waals surface area contributed by atoms with Crippen LogP contribution in [0.25, 0.3) is 0 Å². The number of hydrogen-bond acceptors (Lipinski definition) is 4. The monoisotopic (exact) mass is 354 g/mol. The molecule has 0 spiro atoms. The molecule has 0 aromatic carbocycles. The SMILES string of the molecule is Cc1nc(C2CCCCC2)c(F)c(S(=O)(=O)CC2CC2)c1C(N)=O. The average Bonchev–Trinajstić information content (AvgIpc) is 3.32. The Morgan fingerprint density at radius 3 is 2.38 bits per heavy atom. The number of halogens is 1. The van der Waals surface area contributed by atoms with Gasteiger partial charge in [-0.1, -0.05) is 19.3 Å². The topological polar surface area (TPSA) is 90.1 Å². The van der Waals surface area contributed by atoms with Crippen LogP contribution in [0.15, 0.2) is 4.90 Å². The highest BCUT2D eigenvalue weighted by Crippen LogP contribution is 2.38. The minimum absolute atomic E-state index is 0.0572. The van der Waals surface area contributed by atoms with Crippen molar-refractivity contribution in [3.05, 3.63) is 22.8 Å². The summed E-state index contributed by atoms with van der Waals surface area (Å²) in [6, 6.07) is 0. The Balaban J connectivity index is 2.15. The van der Waals surface area contributed by atoms with E-state index in [0.717, 1.165) is 44.9 Å². The van der Waals surface area contributed by atoms with E-state index in [4.69, 9.17) is 5.73 Å². The molecule has 0 unspecified atom stereocenters. The fourth-order valence-electron chi connectivity index (χ4n) is 3.58. The molecule has 1 aromatic heterocycles. The standard InChI is InChI=1S/C17H23FN2O3S/c1-10-13(17(19)21)16(24(22,23)9-11-7-8-11)14(18)15(20-10)12-5-3-2-4-6-12/h11-12H,2-9H2,1H3,(H2,19,21). The van der Waals surface area contributed by atoms with Gasteiger partial charge in [-0.05, 0) is 38.5 Å². The van der Waals surface area contributed by atoms with Crippen LogP contribution < -0.4 is 5.73 Å². The van der Waals surface area contributed by atoms with Crippen molar-refractivity contribution in [2.45, 2.75) is 62.7 Å². The summed E-state index contributed by atoms with van der Waals surface area (Å²) < 4.78 is 40.7. The molecule has 24 heavy (non-hydrogen) atoms. The van der Waals surface area contributed by atoms with Crippen LogP contribution in [0.4, 0.5) is 4.39 Å². The van der Waals surface area contributed by atoms with Gasteiger partial charge in [0.25, 0.3) is 5.91 Å². The Bertz CT molecular complexity index is 767. The third-order valence-corrected chi connectivity index (χ3v) is 6.92. The number of nitrogens with two attached hydrogens (primary N) is 1. The Kier molecular flexibility index (Phi) is 4.64. The molecular weight excluding hydrogens is 331 g/mol. The molecule has 0 radical (unpaired) electrons. The van der Waals surface area contributed by atoms with Gasteiger partial charge in [0.15, 0.2) is 15.7 Å². The van der Waals surface area contributed by atoms with Crippen LogP contribution in [0.1, 0.15) is 72.6 Å². The highest BCUT2D eigenvalue weighted by Gasteiger charge is 2.36. The van der Waals surface area contributed by atoms with E-state index < -0.39 is 26.5 Å². The van der Waals surface area contributed by atoms with Crippen LogP contribution in [0.2, 0.25) is 0 Å². The Morgan fingerprint density at radius 1 is 1.21 bits per heavy atom. The molecule has 7 heteroatoms. The van der Waals surface area contributed by atoms with E-state index in [0.29, 0.717) is 0 Å². The molecule has 0 aliphatic heterocycles. The van der Waals surface area contributed by atoms with Gasteiger partial charge in [-0.25, -0.2) is 12.8 Å². The van der Waals surface area contributed by atoms with Crippen molar-refractivity contribution in [1.82, 2.24) is 4.98 Å². The molecule has 1 amide bonds. The maximum Gasteiger partial charge on any atom is 0.251 e. The molecule has 2 aliphatic carbocycles. The van der Waals surface area contributed by atoms with Crippen molar-refractivity contribution in [1.29, 1.82) is 0 Å². The maximum atomic E-state index is 15.2. The molecule has 0 atom stereocenters. The molecule has 132 valence electrons. The number of pyridine rings is 1. The summed E-state index contributed by atoms with van der Waals surface area (Å²) >= 11 is 0. The Morgan fingerprint density at radius 2 is 1.83 bits per heavy atom. The summed E-state index contributed by atoms with van der Waals surface area (Å²) in [4.78, 5) is 15.5. The van der Waals surface area contributed by atoms with Gasteiger partial charge in [-0.3, -0.25) is 9.78 Å². The van der Waals surface area contributed by atoms with Gasteiger partial charge in [-0.2, -0.15) is 0 Å². The van der Waals surface area contributed by atoms with E-state index in [1.165, 1.54) is 6.92 Å². The third kappa shape index (κ3) is 3.31. The lowest BCUT2D eigenvalue weighted by molar-refractivity contribution is 0.0995. The number of aromatic nitrogens is 1. The first kappa shape index (κ1) is 17.3. The first-order valence-corrected chi connectivity index (χ1v) is 10.2. The normalized spacial score (nSPS) is 19.4. The van der Waals surface area contributed by atoms with Gasteiger partial charge in [0, 0.05) is 5.92 Å². The number of nitrogens with zero attached hydrogens (tertiary/aromatic N) is 1. The van der Waals surface area contributed by atoms with E-state index in [1.807, 2.05) is 0 Å². The number of carbonyl (C=O) groups is 1. The maximum absolute atomic E-state index is 15.2. The van der Waals surface area contributed by atoms with Gasteiger partial charge >= 0.3 is 0 Å². The second-order valence-electron chi connectivity index (χ2n) is 7.02. The van der Waals surface area contributed by atoms with Crippen molar-refractivity contribution < 1.29 is 17.6 Å². The summed E-state index contributed by atoms with van der Waals surface area (Å²) in [6.45, 7) is 1.53. The summed E-state index contributed by atoms with van der Waals surface area (Å²) in [5.74, 6) is -1.96. The van der Waals surface area contributed by atoms with Crippen LogP contribution in [-0.4, -0.2) is 25.1 Å². The van der Waals surface area contributed by atoms with Gasteiger partial charge in [0.1, 0.15) is 4.90 Å².